The Hall–Kier alpha value is -1.64. The maximum absolute atomic E-state index is 11.5. The van der Waals surface area contributed by atoms with Gasteiger partial charge in [-0.15, -0.1) is 0 Å². The van der Waals surface area contributed by atoms with E-state index in [4.69, 9.17) is 0 Å². The van der Waals surface area contributed by atoms with Gasteiger partial charge >= 0.3 is 0 Å². The third-order valence-corrected chi connectivity index (χ3v) is 3.19. The molecule has 3 nitrogen and oxygen atoms in total. The average Bonchev–Trinajstić information content (AvgIpc) is 3.21. The molecule has 0 bridgehead atoms. The minimum absolute atomic E-state index is 0.0527. The first-order valence-corrected chi connectivity index (χ1v) is 6.64. The van der Waals surface area contributed by atoms with Crippen LogP contribution in [0, 0.1) is 5.92 Å². The number of hydrazone groups is 1. The molecule has 1 aromatic rings. The normalized spacial score (nSPS) is 15.6. The van der Waals surface area contributed by atoms with E-state index >= 15 is 0 Å². The maximum atomic E-state index is 11.5. The van der Waals surface area contributed by atoms with E-state index in [-0.39, 0.29) is 11.8 Å². The van der Waals surface area contributed by atoms with Gasteiger partial charge in [0.15, 0.2) is 0 Å². The summed E-state index contributed by atoms with van der Waals surface area (Å²) < 4.78 is 0. The minimum atomic E-state index is 0.0527. The van der Waals surface area contributed by atoms with Gasteiger partial charge in [-0.2, -0.15) is 5.10 Å². The Balaban J connectivity index is 1.96. The zero-order valence-corrected chi connectivity index (χ0v) is 11.1. The Kier molecular flexibility index (Phi) is 4.13. The van der Waals surface area contributed by atoms with Crippen LogP contribution in [0.5, 0.6) is 0 Å². The maximum Gasteiger partial charge on any atom is 0.243 e. The molecule has 96 valence electrons. The van der Waals surface area contributed by atoms with Gasteiger partial charge in [-0.25, -0.2) is 5.43 Å². The molecule has 1 N–H and O–H groups in total. The molecule has 1 saturated carbocycles. The molecule has 3 heteroatoms. The fraction of sp³-hybridized carbons (Fsp3) is 0.467. The Bertz CT molecular complexity index is 444. The molecule has 0 atom stereocenters. The van der Waals surface area contributed by atoms with Gasteiger partial charge in [0.2, 0.25) is 5.91 Å². The summed E-state index contributed by atoms with van der Waals surface area (Å²) in [6.45, 7) is 4.09. The van der Waals surface area contributed by atoms with Crippen LogP contribution < -0.4 is 5.43 Å². The van der Waals surface area contributed by atoms with E-state index < -0.39 is 0 Å². The highest BCUT2D eigenvalue weighted by atomic mass is 16.2. The zero-order chi connectivity index (χ0) is 13.0. The highest BCUT2D eigenvalue weighted by Crippen LogP contribution is 2.28. The summed E-state index contributed by atoms with van der Waals surface area (Å²) in [7, 11) is 0. The van der Waals surface area contributed by atoms with Gasteiger partial charge in [-0.1, -0.05) is 37.6 Å². The summed E-state index contributed by atoms with van der Waals surface area (Å²) in [6, 6.07) is 8.38. The Morgan fingerprint density at radius 3 is 2.56 bits per heavy atom. The lowest BCUT2D eigenvalue weighted by Gasteiger charge is -2.04. The number of carbonyl (C=O) groups excluding carboxylic acids is 1. The van der Waals surface area contributed by atoms with Crippen molar-refractivity contribution < 1.29 is 4.79 Å². The van der Waals surface area contributed by atoms with Crippen molar-refractivity contribution in [1.29, 1.82) is 0 Å². The van der Waals surface area contributed by atoms with Crippen LogP contribution in [0.3, 0.4) is 0 Å². The van der Waals surface area contributed by atoms with Crippen molar-refractivity contribution in [3.8, 4) is 0 Å². The topological polar surface area (TPSA) is 41.5 Å². The van der Waals surface area contributed by atoms with Crippen molar-refractivity contribution in [2.45, 2.75) is 39.5 Å². The van der Waals surface area contributed by atoms with Gasteiger partial charge in [-0.05, 0) is 37.3 Å². The first-order chi connectivity index (χ1) is 8.70. The van der Waals surface area contributed by atoms with Gasteiger partial charge in [0.25, 0.3) is 0 Å². The van der Waals surface area contributed by atoms with Gasteiger partial charge in [0.1, 0.15) is 0 Å². The van der Waals surface area contributed by atoms with Crippen molar-refractivity contribution in [2.24, 2.45) is 11.0 Å². The van der Waals surface area contributed by atoms with E-state index in [1.807, 2.05) is 6.92 Å². The second kappa shape index (κ2) is 5.80. The third kappa shape index (κ3) is 3.42. The summed E-state index contributed by atoms with van der Waals surface area (Å²) in [5, 5.41) is 4.15. The standard InChI is InChI=1S/C15H20N2O/c1-3-4-12-5-7-13(8-6-12)11(2)16-17-15(18)14-9-10-14/h5-8,14H,3-4,9-10H2,1-2H3,(H,17,18)/b16-11-. The van der Waals surface area contributed by atoms with Crippen molar-refractivity contribution in [3.05, 3.63) is 35.4 Å². The summed E-state index contributed by atoms with van der Waals surface area (Å²) in [5.41, 5.74) is 5.89. The molecule has 0 aliphatic heterocycles. The van der Waals surface area contributed by atoms with Crippen LogP contribution in [0.1, 0.15) is 44.2 Å². The monoisotopic (exact) mass is 244 g/mol. The van der Waals surface area contributed by atoms with Crippen LogP contribution in [0.2, 0.25) is 0 Å². The van der Waals surface area contributed by atoms with Gasteiger partial charge in [0, 0.05) is 5.92 Å². The number of hydrogen-bond acceptors (Lipinski definition) is 2. The number of benzene rings is 1. The van der Waals surface area contributed by atoms with Crippen LogP contribution in [0.25, 0.3) is 0 Å². The van der Waals surface area contributed by atoms with Crippen LogP contribution >= 0.6 is 0 Å². The van der Waals surface area contributed by atoms with E-state index in [1.54, 1.807) is 0 Å². The molecule has 1 aromatic carbocycles. The number of carbonyl (C=O) groups is 1. The Labute approximate surface area is 108 Å². The first-order valence-electron chi connectivity index (χ1n) is 6.64. The third-order valence-electron chi connectivity index (χ3n) is 3.19. The van der Waals surface area contributed by atoms with E-state index in [1.165, 1.54) is 5.56 Å². The zero-order valence-electron chi connectivity index (χ0n) is 11.1. The summed E-state index contributed by atoms with van der Waals surface area (Å²) >= 11 is 0. The molecule has 1 amide bonds. The molecule has 0 spiro atoms. The molecule has 1 aliphatic carbocycles. The van der Waals surface area contributed by atoms with Crippen molar-refractivity contribution in [2.75, 3.05) is 0 Å². The summed E-state index contributed by atoms with van der Waals surface area (Å²) in [4.78, 5) is 11.5. The van der Waals surface area contributed by atoms with Crippen LogP contribution in [0.15, 0.2) is 29.4 Å². The largest absolute Gasteiger partial charge is 0.273 e. The van der Waals surface area contributed by atoms with E-state index in [9.17, 15) is 4.79 Å². The predicted octanol–water partition coefficient (Wildman–Crippen LogP) is 2.89. The molecule has 1 fully saturated rings. The molecular weight excluding hydrogens is 224 g/mol. The second-order valence-corrected chi connectivity index (χ2v) is 4.89. The number of hydrogen-bond donors (Lipinski definition) is 1. The smallest absolute Gasteiger partial charge is 0.243 e. The van der Waals surface area contributed by atoms with Gasteiger partial charge < -0.3 is 0 Å². The molecular formula is C15H20N2O. The molecule has 0 unspecified atom stereocenters. The van der Waals surface area contributed by atoms with E-state index in [0.717, 1.165) is 37.0 Å². The van der Waals surface area contributed by atoms with Crippen molar-refractivity contribution in [1.82, 2.24) is 5.43 Å². The van der Waals surface area contributed by atoms with Crippen LogP contribution in [-0.4, -0.2) is 11.6 Å². The molecule has 18 heavy (non-hydrogen) atoms. The quantitative estimate of drug-likeness (QED) is 0.628. The average molecular weight is 244 g/mol. The number of amides is 1. The number of nitrogens with one attached hydrogen (secondary N) is 1. The lowest BCUT2D eigenvalue weighted by atomic mass is 10.1. The second-order valence-electron chi connectivity index (χ2n) is 4.89. The number of rotatable bonds is 5. The van der Waals surface area contributed by atoms with Crippen molar-refractivity contribution in [3.63, 3.8) is 0 Å². The van der Waals surface area contributed by atoms with Gasteiger partial charge in [0.05, 0.1) is 5.71 Å². The predicted molar refractivity (Wildman–Crippen MR) is 73.5 cm³/mol. The summed E-state index contributed by atoms with van der Waals surface area (Å²) in [5.74, 6) is 0.255. The fourth-order valence-electron chi connectivity index (χ4n) is 1.84. The lowest BCUT2D eigenvalue weighted by Crippen LogP contribution is -2.20. The summed E-state index contributed by atoms with van der Waals surface area (Å²) in [6.07, 6.45) is 4.27. The fourth-order valence-corrected chi connectivity index (χ4v) is 1.84. The van der Waals surface area contributed by atoms with Crippen LogP contribution in [0.4, 0.5) is 0 Å². The first kappa shape index (κ1) is 12.8. The number of nitrogens with zero attached hydrogens (tertiary/aromatic N) is 1. The van der Waals surface area contributed by atoms with Gasteiger partial charge in [-0.3, -0.25) is 4.79 Å². The SMILES string of the molecule is CCCc1ccc(/C(C)=N\NC(=O)C2CC2)cc1. The van der Waals surface area contributed by atoms with E-state index in [0.29, 0.717) is 0 Å². The molecule has 0 heterocycles. The van der Waals surface area contributed by atoms with Crippen molar-refractivity contribution >= 4 is 11.6 Å². The molecule has 2 rings (SSSR count). The molecule has 0 saturated heterocycles. The number of aryl methyl sites for hydroxylation is 1. The molecule has 1 aliphatic rings. The molecule has 0 aromatic heterocycles. The lowest BCUT2D eigenvalue weighted by molar-refractivity contribution is -0.122. The van der Waals surface area contributed by atoms with E-state index in [2.05, 4.69) is 41.7 Å². The highest BCUT2D eigenvalue weighted by Gasteiger charge is 2.29. The minimum Gasteiger partial charge on any atom is -0.273 e. The highest BCUT2D eigenvalue weighted by molar-refractivity contribution is 5.99. The Morgan fingerprint density at radius 1 is 1.33 bits per heavy atom. The molecule has 0 radical (unpaired) electrons. The van der Waals surface area contributed by atoms with Crippen LogP contribution in [-0.2, 0) is 11.2 Å². The Morgan fingerprint density at radius 2 is 2.00 bits per heavy atom.